The van der Waals surface area contributed by atoms with Gasteiger partial charge in [0, 0.05) is 45.7 Å². The largest absolute Gasteiger partial charge is 0.309 e. The van der Waals surface area contributed by atoms with E-state index in [1.54, 1.807) is 0 Å². The van der Waals surface area contributed by atoms with Gasteiger partial charge >= 0.3 is 0 Å². The average molecular weight is 812 g/mol. The molecule has 0 spiro atoms. The summed E-state index contributed by atoms with van der Waals surface area (Å²) >= 11 is 0. The Morgan fingerprint density at radius 2 is 0.918 bits per heavy atom. The number of rotatable bonds is 3. The lowest BCUT2D eigenvalue weighted by atomic mass is 9.33. The normalized spacial score (nSPS) is 13.6. The van der Waals surface area contributed by atoms with Crippen molar-refractivity contribution in [1.29, 1.82) is 0 Å². The summed E-state index contributed by atoms with van der Waals surface area (Å²) in [4.78, 5) is 3.81. The second-order valence-corrected chi connectivity index (χ2v) is 19.0. The number of hydrogen-bond donors (Lipinski definition) is 0. The van der Waals surface area contributed by atoms with Crippen molar-refractivity contribution in [2.24, 2.45) is 0 Å². The fraction of sp³-hybridized carbons (Fsp3) is 0.208. The summed E-state index contributed by atoms with van der Waals surface area (Å²) in [6, 6.07) is 35.2. The molecule has 0 unspecified atom stereocenters. The lowest BCUT2D eigenvalue weighted by Crippen LogP contribution is -2.61. The van der Waals surface area contributed by atoms with E-state index in [1.807, 2.05) is 9.80 Å². The molecule has 2 aliphatic rings. The van der Waals surface area contributed by atoms with E-state index in [2.05, 4.69) is 146 Å². The van der Waals surface area contributed by atoms with E-state index in [1.165, 1.54) is 29.8 Å². The molecule has 3 heterocycles. The molecule has 8 heteroatoms. The molecule has 0 saturated carbocycles. The van der Waals surface area contributed by atoms with Crippen LogP contribution in [0.5, 0.6) is 0 Å². The van der Waals surface area contributed by atoms with Crippen LogP contribution in [-0.4, -0.2) is 11.3 Å². The third-order valence-electron chi connectivity index (χ3n) is 12.9. The van der Waals surface area contributed by atoms with Crippen LogP contribution in [0.3, 0.4) is 0 Å². The zero-order valence-electron chi connectivity index (χ0n) is 35.9. The van der Waals surface area contributed by atoms with Crippen molar-refractivity contribution in [3.05, 3.63) is 166 Å². The zero-order valence-corrected chi connectivity index (χ0v) is 35.9. The molecule has 61 heavy (non-hydrogen) atoms. The van der Waals surface area contributed by atoms with Gasteiger partial charge in [-0.15, -0.1) is 0 Å². The molecule has 8 aromatic rings. The fourth-order valence-corrected chi connectivity index (χ4v) is 9.57. The molecule has 7 aromatic carbocycles. The molecule has 10 rings (SSSR count). The predicted molar refractivity (Wildman–Crippen MR) is 246 cm³/mol. The Balaban J connectivity index is 1.41. The van der Waals surface area contributed by atoms with Crippen molar-refractivity contribution in [2.45, 2.75) is 73.1 Å². The van der Waals surface area contributed by atoms with Crippen LogP contribution in [-0.2, 0) is 10.8 Å². The number of aromatic nitrogens is 1. The summed E-state index contributed by atoms with van der Waals surface area (Å²) < 4.78 is 65.0. The molecule has 0 aliphatic carbocycles. The summed E-state index contributed by atoms with van der Waals surface area (Å²) in [5.41, 5.74) is 13.8. The summed E-state index contributed by atoms with van der Waals surface area (Å²) in [5, 5.41) is 2.18. The van der Waals surface area contributed by atoms with Crippen molar-refractivity contribution in [1.82, 2.24) is 4.57 Å². The molecule has 1 aromatic heterocycles. The fourth-order valence-electron chi connectivity index (χ4n) is 9.57. The van der Waals surface area contributed by atoms with E-state index in [9.17, 15) is 8.78 Å². The van der Waals surface area contributed by atoms with Gasteiger partial charge in [-0.05, 0) is 143 Å². The van der Waals surface area contributed by atoms with Crippen LogP contribution in [0.25, 0.3) is 27.5 Å². The Morgan fingerprint density at radius 3 is 1.41 bits per heavy atom. The number of hydrogen-bond acceptors (Lipinski definition) is 2. The Morgan fingerprint density at radius 1 is 0.443 bits per heavy atom. The predicted octanol–water partition coefficient (Wildman–Crippen LogP) is 12.9. The van der Waals surface area contributed by atoms with Crippen molar-refractivity contribution >= 4 is 79.0 Å². The molecule has 0 fully saturated rings. The minimum atomic E-state index is -0.713. The first kappa shape index (κ1) is 38.9. The van der Waals surface area contributed by atoms with Crippen molar-refractivity contribution in [3.63, 3.8) is 0 Å². The van der Waals surface area contributed by atoms with Gasteiger partial charge in [-0.1, -0.05) is 77.4 Å². The minimum Gasteiger partial charge on any atom is -0.309 e. The topological polar surface area (TPSA) is 11.4 Å². The summed E-state index contributed by atoms with van der Waals surface area (Å²) in [5.74, 6) is -2.78. The van der Waals surface area contributed by atoms with Gasteiger partial charge in [0.2, 0.25) is 0 Å². The van der Waals surface area contributed by atoms with Gasteiger partial charge in [0.05, 0.1) is 28.1 Å². The molecule has 304 valence electrons. The number of anilines is 6. The third-order valence-corrected chi connectivity index (χ3v) is 12.9. The Bertz CT molecular complexity index is 3030. The van der Waals surface area contributed by atoms with E-state index in [0.29, 0.717) is 11.4 Å². The molecular formula is C53H46BF4N3. The maximum Gasteiger partial charge on any atom is 0.252 e. The number of aryl methyl sites for hydroxylation is 3. The number of halogens is 4. The quantitative estimate of drug-likeness (QED) is 0.130. The zero-order chi connectivity index (χ0) is 43.0. The van der Waals surface area contributed by atoms with Crippen LogP contribution in [0.15, 0.2) is 115 Å². The monoisotopic (exact) mass is 811 g/mol. The van der Waals surface area contributed by atoms with Crippen LogP contribution in [0.2, 0.25) is 0 Å². The van der Waals surface area contributed by atoms with Crippen LogP contribution < -0.4 is 26.2 Å². The maximum absolute atomic E-state index is 16.6. The average Bonchev–Trinajstić information content (AvgIpc) is 3.49. The highest BCUT2D eigenvalue weighted by molar-refractivity contribution is 7.00. The first-order valence-corrected chi connectivity index (χ1v) is 20.9. The van der Waals surface area contributed by atoms with Crippen molar-refractivity contribution in [3.8, 4) is 5.69 Å². The summed E-state index contributed by atoms with van der Waals surface area (Å²) in [7, 11) is 0. The Hall–Kier alpha value is -6.28. The number of fused-ring (bicyclic) bond motifs is 7. The third kappa shape index (κ3) is 6.00. The molecule has 0 atom stereocenters. The molecule has 2 aliphatic heterocycles. The molecule has 0 bridgehead atoms. The first-order chi connectivity index (χ1) is 28.9. The Kier molecular flexibility index (Phi) is 8.52. The molecule has 0 amide bonds. The summed E-state index contributed by atoms with van der Waals surface area (Å²) in [6.45, 7) is 18.9. The summed E-state index contributed by atoms with van der Waals surface area (Å²) in [6.07, 6.45) is 0. The smallest absolute Gasteiger partial charge is 0.252 e. The molecule has 0 N–H and O–H groups in total. The highest BCUT2D eigenvalue weighted by Gasteiger charge is 2.45. The minimum absolute atomic E-state index is 0.182. The highest BCUT2D eigenvalue weighted by atomic mass is 19.1. The number of benzene rings is 7. The van der Waals surface area contributed by atoms with Crippen LogP contribution in [0, 0.1) is 44.0 Å². The van der Waals surface area contributed by atoms with E-state index >= 15 is 8.78 Å². The van der Waals surface area contributed by atoms with Crippen molar-refractivity contribution in [2.75, 3.05) is 9.80 Å². The van der Waals surface area contributed by atoms with Crippen LogP contribution in [0.1, 0.15) is 69.4 Å². The standard InChI is InChI=1S/C53H46BF4N3/c1-29-10-15-43-37(20-29)38-21-30(2)31(3)22-48(38)59(43)36-27-49-51-50(28-36)61(47-19-14-35(56)26-42(47)58)45-17-12-33(53(7,8)9)24-40(45)54(51)39-23-32(52(4,5)6)11-16-44(39)60(49)46-18-13-34(55)25-41(46)57/h10-28H,1-9H3. The molecule has 0 radical (unpaired) electrons. The maximum atomic E-state index is 16.6. The second kappa shape index (κ2) is 13.4. The lowest BCUT2D eigenvalue weighted by Gasteiger charge is -2.45. The lowest BCUT2D eigenvalue weighted by molar-refractivity contribution is 0.583. The molecular weight excluding hydrogens is 765 g/mol. The van der Waals surface area contributed by atoms with Gasteiger partial charge in [0.15, 0.2) is 0 Å². The van der Waals surface area contributed by atoms with Crippen LogP contribution >= 0.6 is 0 Å². The van der Waals surface area contributed by atoms with Gasteiger partial charge < -0.3 is 14.4 Å². The highest BCUT2D eigenvalue weighted by Crippen LogP contribution is 2.48. The van der Waals surface area contributed by atoms with E-state index in [0.717, 1.165) is 89.6 Å². The van der Waals surface area contributed by atoms with Crippen molar-refractivity contribution < 1.29 is 17.6 Å². The van der Waals surface area contributed by atoms with Gasteiger partial charge in [0.1, 0.15) is 23.3 Å². The Labute approximate surface area is 355 Å². The van der Waals surface area contributed by atoms with E-state index in [4.69, 9.17) is 0 Å². The van der Waals surface area contributed by atoms with E-state index < -0.39 is 23.3 Å². The van der Waals surface area contributed by atoms with Gasteiger partial charge in [-0.25, -0.2) is 17.6 Å². The van der Waals surface area contributed by atoms with Gasteiger partial charge in [0.25, 0.3) is 6.71 Å². The van der Waals surface area contributed by atoms with Gasteiger partial charge in [-0.2, -0.15) is 0 Å². The van der Waals surface area contributed by atoms with E-state index in [-0.39, 0.29) is 28.9 Å². The molecule has 0 saturated heterocycles. The molecule has 3 nitrogen and oxygen atoms in total. The van der Waals surface area contributed by atoms with Crippen LogP contribution in [0.4, 0.5) is 51.7 Å². The second-order valence-electron chi connectivity index (χ2n) is 19.0. The SMILES string of the molecule is Cc1ccc2c(c1)c1cc(C)c(C)cc1n2-c1cc2c3c(c1)N(c1ccc(F)cc1F)c1ccc(C(C)(C)C)cc1B3c1cc(C(C)(C)C)ccc1N2c1ccc(F)cc1F. The van der Waals surface area contributed by atoms with Gasteiger partial charge in [-0.3, -0.25) is 0 Å². The first-order valence-electron chi connectivity index (χ1n) is 20.9. The number of nitrogens with zero attached hydrogens (tertiary/aromatic N) is 3.